The Bertz CT molecular complexity index is 1650. The van der Waals surface area contributed by atoms with E-state index in [0.717, 1.165) is 11.0 Å². The van der Waals surface area contributed by atoms with E-state index < -0.39 is 4.92 Å². The van der Waals surface area contributed by atoms with Crippen LogP contribution in [0.1, 0.15) is 0 Å². The van der Waals surface area contributed by atoms with Crippen LogP contribution in [0.2, 0.25) is 0 Å². The molecule has 0 atom stereocenters. The number of benzene rings is 3. The largest absolute Gasteiger partial charge is 0.493 e. The lowest BCUT2D eigenvalue weighted by Crippen LogP contribution is -2.15. The van der Waals surface area contributed by atoms with Gasteiger partial charge in [0, 0.05) is 22.6 Å². The second-order valence-electron chi connectivity index (χ2n) is 7.82. The summed E-state index contributed by atoms with van der Waals surface area (Å²) < 4.78 is 18.2. The van der Waals surface area contributed by atoms with Crippen molar-refractivity contribution < 1.29 is 19.1 Å². The minimum absolute atomic E-state index is 0.0204. The molecule has 5 rings (SSSR count). The van der Waals surface area contributed by atoms with E-state index in [9.17, 15) is 14.9 Å². The molecule has 0 aliphatic rings. The number of methoxy groups -OCH3 is 3. The van der Waals surface area contributed by atoms with Crippen molar-refractivity contribution in [3.05, 3.63) is 87.2 Å². The van der Waals surface area contributed by atoms with Gasteiger partial charge in [0.15, 0.2) is 11.5 Å². The first-order chi connectivity index (χ1) is 17.4. The second-order valence-corrected chi connectivity index (χ2v) is 8.91. The van der Waals surface area contributed by atoms with Gasteiger partial charge in [-0.2, -0.15) is 0 Å². The molecule has 2 heterocycles. The number of aromatic amines is 1. The van der Waals surface area contributed by atoms with E-state index in [0.29, 0.717) is 43.8 Å². The predicted molar refractivity (Wildman–Crippen MR) is 138 cm³/mol. The van der Waals surface area contributed by atoms with Crippen molar-refractivity contribution in [1.29, 1.82) is 0 Å². The highest BCUT2D eigenvalue weighted by Gasteiger charge is 2.21. The van der Waals surface area contributed by atoms with E-state index in [1.165, 1.54) is 45.2 Å². The van der Waals surface area contributed by atoms with Crippen molar-refractivity contribution in [1.82, 2.24) is 9.38 Å². The Morgan fingerprint density at radius 2 is 1.58 bits per heavy atom. The number of non-ortho nitro benzene ring substituents is 1. The van der Waals surface area contributed by atoms with Gasteiger partial charge in [0.25, 0.3) is 11.2 Å². The number of hydrogen-bond donors (Lipinski definition) is 1. The summed E-state index contributed by atoms with van der Waals surface area (Å²) in [7, 11) is 4.59. The monoisotopic (exact) mass is 503 g/mol. The molecule has 182 valence electrons. The first-order valence-corrected chi connectivity index (χ1v) is 11.7. The number of nitrogens with zero attached hydrogens (tertiary/aromatic N) is 2. The van der Waals surface area contributed by atoms with E-state index in [1.54, 1.807) is 28.7 Å². The van der Waals surface area contributed by atoms with Crippen molar-refractivity contribution in [2.24, 2.45) is 0 Å². The molecule has 3 aromatic carbocycles. The predicted octanol–water partition coefficient (Wildman–Crippen LogP) is 5.53. The van der Waals surface area contributed by atoms with Gasteiger partial charge >= 0.3 is 0 Å². The Morgan fingerprint density at radius 3 is 2.19 bits per heavy atom. The molecular weight excluding hydrogens is 482 g/mol. The molecule has 0 fully saturated rings. The fraction of sp³-hybridized carbons (Fsp3) is 0.115. The molecule has 0 saturated heterocycles. The number of ether oxygens (including phenoxy) is 3. The number of nitrogens with one attached hydrogen (secondary N) is 1. The number of nitro benzene ring substituents is 1. The van der Waals surface area contributed by atoms with Crippen molar-refractivity contribution in [2.45, 2.75) is 9.79 Å². The maximum absolute atomic E-state index is 13.9. The average Bonchev–Trinajstić information content (AvgIpc) is 3.28. The number of imidazole rings is 1. The number of H-pyrrole nitrogens is 1. The topological polar surface area (TPSA) is 108 Å². The van der Waals surface area contributed by atoms with Crippen LogP contribution in [-0.2, 0) is 0 Å². The molecule has 2 aromatic heterocycles. The lowest BCUT2D eigenvalue weighted by Gasteiger charge is -2.16. The van der Waals surface area contributed by atoms with Crippen LogP contribution in [0.15, 0.2) is 81.3 Å². The first kappa shape index (κ1) is 23.3. The number of pyridine rings is 1. The molecule has 9 nitrogen and oxygen atoms in total. The number of hydrogen-bond acceptors (Lipinski definition) is 7. The van der Waals surface area contributed by atoms with Crippen LogP contribution >= 0.6 is 11.8 Å². The smallest absolute Gasteiger partial charge is 0.271 e. The highest BCUT2D eigenvalue weighted by atomic mass is 32.2. The van der Waals surface area contributed by atoms with Gasteiger partial charge in [0.1, 0.15) is 5.65 Å². The molecule has 0 aliphatic carbocycles. The Hall–Kier alpha value is -4.44. The number of fused-ring (bicyclic) bond motifs is 3. The zero-order chi connectivity index (χ0) is 25.4. The summed E-state index contributed by atoms with van der Waals surface area (Å²) in [4.78, 5) is 29.0. The van der Waals surface area contributed by atoms with Crippen LogP contribution in [0, 0.1) is 10.1 Å². The van der Waals surface area contributed by atoms with Gasteiger partial charge in [-0.05, 0) is 48.0 Å². The Morgan fingerprint density at radius 1 is 0.917 bits per heavy atom. The molecule has 36 heavy (non-hydrogen) atoms. The summed E-state index contributed by atoms with van der Waals surface area (Å²) >= 11 is 1.24. The maximum Gasteiger partial charge on any atom is 0.271 e. The molecule has 0 radical (unpaired) electrons. The van der Waals surface area contributed by atoms with Crippen LogP contribution in [0.3, 0.4) is 0 Å². The first-order valence-electron chi connectivity index (χ1n) is 10.8. The quantitative estimate of drug-likeness (QED) is 0.230. The summed E-state index contributed by atoms with van der Waals surface area (Å²) in [6.07, 6.45) is 0. The van der Waals surface area contributed by atoms with Crippen LogP contribution < -0.4 is 19.8 Å². The van der Waals surface area contributed by atoms with Gasteiger partial charge in [0.2, 0.25) is 5.75 Å². The minimum atomic E-state index is -0.456. The highest BCUT2D eigenvalue weighted by molar-refractivity contribution is 7.99. The van der Waals surface area contributed by atoms with Crippen LogP contribution in [-0.4, -0.2) is 35.6 Å². The lowest BCUT2D eigenvalue weighted by atomic mass is 10.1. The van der Waals surface area contributed by atoms with Crippen molar-refractivity contribution in [3.8, 4) is 28.4 Å². The third-order valence-electron chi connectivity index (χ3n) is 5.81. The summed E-state index contributed by atoms with van der Waals surface area (Å²) in [6, 6.07) is 19.1. The van der Waals surface area contributed by atoms with E-state index in [1.807, 2.05) is 30.3 Å². The van der Waals surface area contributed by atoms with Crippen molar-refractivity contribution >= 4 is 34.1 Å². The van der Waals surface area contributed by atoms with E-state index >= 15 is 0 Å². The molecule has 0 spiro atoms. The van der Waals surface area contributed by atoms with E-state index in [2.05, 4.69) is 4.98 Å². The van der Waals surface area contributed by atoms with E-state index in [-0.39, 0.29) is 11.2 Å². The van der Waals surface area contributed by atoms with Crippen molar-refractivity contribution in [3.63, 3.8) is 0 Å². The number of aromatic nitrogens is 2. The highest BCUT2D eigenvalue weighted by Crippen LogP contribution is 2.44. The van der Waals surface area contributed by atoms with Crippen molar-refractivity contribution in [2.75, 3.05) is 21.3 Å². The van der Waals surface area contributed by atoms with Gasteiger partial charge in [-0.25, -0.2) is 0 Å². The molecule has 0 aliphatic heterocycles. The number of para-hydroxylation sites is 2. The zero-order valence-corrected chi connectivity index (χ0v) is 20.4. The molecule has 0 unspecified atom stereocenters. The summed E-state index contributed by atoms with van der Waals surface area (Å²) in [5.41, 5.74) is 3.28. The summed E-state index contributed by atoms with van der Waals surface area (Å²) in [6.45, 7) is 0. The van der Waals surface area contributed by atoms with Gasteiger partial charge in [-0.3, -0.25) is 19.3 Å². The van der Waals surface area contributed by atoms with Gasteiger partial charge < -0.3 is 19.2 Å². The summed E-state index contributed by atoms with van der Waals surface area (Å²) in [5.74, 6) is 1.35. The standard InChI is InChI=1S/C26H21N3O6S/c1-33-21-12-15(13-22(34-2)24(21)35-3)18-14-23-27-19-6-4-5-7-20(19)28(23)26(30)25(18)36-17-10-8-16(9-11-17)29(31)32/h4-14,27H,1-3H3. The third-order valence-corrected chi connectivity index (χ3v) is 6.92. The lowest BCUT2D eigenvalue weighted by molar-refractivity contribution is -0.384. The zero-order valence-electron chi connectivity index (χ0n) is 19.6. The Kier molecular flexibility index (Phi) is 6.03. The normalized spacial score (nSPS) is 11.1. The molecule has 0 amide bonds. The third kappa shape index (κ3) is 3.91. The van der Waals surface area contributed by atoms with Gasteiger partial charge in [-0.15, -0.1) is 0 Å². The van der Waals surface area contributed by atoms with Crippen LogP contribution in [0.4, 0.5) is 5.69 Å². The average molecular weight is 504 g/mol. The molecule has 5 aromatic rings. The molecule has 10 heteroatoms. The fourth-order valence-electron chi connectivity index (χ4n) is 4.14. The van der Waals surface area contributed by atoms with E-state index in [4.69, 9.17) is 14.2 Å². The van der Waals surface area contributed by atoms with Crippen LogP contribution in [0.25, 0.3) is 27.8 Å². The summed E-state index contributed by atoms with van der Waals surface area (Å²) in [5, 5.41) is 11.1. The Labute approximate surface area is 209 Å². The molecule has 0 bridgehead atoms. The minimum Gasteiger partial charge on any atom is -0.493 e. The number of rotatable bonds is 7. The van der Waals surface area contributed by atoms with Gasteiger partial charge in [0.05, 0.1) is 42.2 Å². The fourth-order valence-corrected chi connectivity index (χ4v) is 5.11. The SMILES string of the molecule is COc1cc(-c2cc3[nH]c4ccccc4n3c(=O)c2Sc2ccc([N+](=O)[O-])cc2)cc(OC)c1OC. The molecule has 1 N–H and O–H groups in total. The molecule has 0 saturated carbocycles. The Balaban J connectivity index is 1.78. The molecular formula is C26H21N3O6S. The van der Waals surface area contributed by atoms with Crippen LogP contribution in [0.5, 0.6) is 17.2 Å². The second kappa shape index (κ2) is 9.31. The van der Waals surface area contributed by atoms with Gasteiger partial charge in [-0.1, -0.05) is 23.9 Å². The maximum atomic E-state index is 13.9. The number of nitro groups is 1.